The van der Waals surface area contributed by atoms with Crippen LogP contribution in [0.15, 0.2) is 205 Å². The van der Waals surface area contributed by atoms with Gasteiger partial charge in [-0.15, -0.1) is 0 Å². The van der Waals surface area contributed by atoms with Crippen molar-refractivity contribution in [1.82, 2.24) is 9.97 Å². The van der Waals surface area contributed by atoms with Crippen LogP contribution in [0, 0.1) is 0 Å². The number of pyridine rings is 2. The highest BCUT2D eigenvalue weighted by atomic mass is 31.2. The molecule has 3 aromatic heterocycles. The van der Waals surface area contributed by atoms with E-state index in [0.29, 0.717) is 5.58 Å². The summed E-state index contributed by atoms with van der Waals surface area (Å²) in [6.45, 7) is 0. The molecule has 6 heteroatoms. The highest BCUT2D eigenvalue weighted by Gasteiger charge is 2.55. The fourth-order valence-electron chi connectivity index (χ4n) is 9.51. The third-order valence-corrected chi connectivity index (χ3v) is 15.2. The molecule has 0 saturated heterocycles. The van der Waals surface area contributed by atoms with E-state index in [4.69, 9.17) is 14.1 Å². The van der Waals surface area contributed by atoms with E-state index in [9.17, 15) is 0 Å². The van der Waals surface area contributed by atoms with Gasteiger partial charge >= 0.3 is 0 Å². The maximum Gasteiger partial charge on any atom is 0.171 e. The average molecular weight is 777 g/mol. The smallest absolute Gasteiger partial charge is 0.171 e. The van der Waals surface area contributed by atoms with Crippen LogP contribution in [0.25, 0.3) is 55.6 Å². The molecule has 12 rings (SSSR count). The molecule has 0 amide bonds. The van der Waals surface area contributed by atoms with Crippen LogP contribution in [0.5, 0.6) is 11.5 Å². The van der Waals surface area contributed by atoms with Crippen molar-refractivity contribution in [3.05, 3.63) is 223 Å². The van der Waals surface area contributed by atoms with Gasteiger partial charge in [0.1, 0.15) is 22.7 Å². The highest BCUT2D eigenvalue weighted by Crippen LogP contribution is 2.62. The number of rotatable bonds is 4. The zero-order valence-corrected chi connectivity index (χ0v) is 32.5. The molecule has 0 N–H and O–H groups in total. The molecule has 0 saturated carbocycles. The number of hydrogen-bond donors (Lipinski definition) is 0. The van der Waals surface area contributed by atoms with Crippen LogP contribution in [-0.4, -0.2) is 9.97 Å². The fraction of sp³-hybridized carbons (Fsp3) is 0.0189. The van der Waals surface area contributed by atoms with E-state index in [-0.39, 0.29) is 0 Å². The lowest BCUT2D eigenvalue weighted by Gasteiger charge is -2.47. The molecule has 278 valence electrons. The molecule has 10 aromatic rings. The standard InChI is InChI=1S/C53H33N2O3P/c56-59(38-15-5-2-6-16-38)51-22-12-9-19-43(51)53(44-32-40-39-17-7-10-20-47(39)57-49(40)33-52(44)59)41-18-8-11-21-48(41)58-50-31-36(23-24-42(50)53)37-29-45(34-13-3-1-4-14-34)55-46(30-37)35-25-27-54-28-26-35/h1-33H. The van der Waals surface area contributed by atoms with E-state index >= 15 is 4.57 Å². The van der Waals surface area contributed by atoms with E-state index in [2.05, 4.69) is 96.0 Å². The lowest BCUT2D eigenvalue weighted by atomic mass is 9.63. The first-order valence-electron chi connectivity index (χ1n) is 19.7. The van der Waals surface area contributed by atoms with Crippen LogP contribution in [0.4, 0.5) is 0 Å². The zero-order chi connectivity index (χ0) is 39.1. The molecule has 5 heterocycles. The van der Waals surface area contributed by atoms with Gasteiger partial charge in [0.05, 0.1) is 16.8 Å². The normalized spacial score (nSPS) is 17.5. The SMILES string of the molecule is O=P1(c2ccccc2)c2ccccc2C2(c3ccccc3Oc3cc(-c4cc(-c5ccccc5)nc(-c5ccncc5)c4)ccc32)c2cc3c(cc21)oc1ccccc13. The minimum atomic E-state index is -3.45. The molecule has 7 aromatic carbocycles. The van der Waals surface area contributed by atoms with E-state index in [0.717, 1.165) is 99.7 Å². The van der Waals surface area contributed by atoms with Gasteiger partial charge in [-0.05, 0) is 76.9 Å². The van der Waals surface area contributed by atoms with Crippen molar-refractivity contribution in [2.75, 3.05) is 0 Å². The Morgan fingerprint density at radius 2 is 1.10 bits per heavy atom. The Hall–Kier alpha value is -7.33. The molecular formula is C53H33N2O3P. The number of hydrogen-bond acceptors (Lipinski definition) is 5. The van der Waals surface area contributed by atoms with E-state index < -0.39 is 12.6 Å². The number of aromatic nitrogens is 2. The predicted molar refractivity (Wildman–Crippen MR) is 237 cm³/mol. The second-order valence-electron chi connectivity index (χ2n) is 15.2. The summed E-state index contributed by atoms with van der Waals surface area (Å²) >= 11 is 0. The van der Waals surface area contributed by atoms with E-state index in [1.165, 1.54) is 0 Å². The summed E-state index contributed by atoms with van der Waals surface area (Å²) in [7, 11) is -3.45. The Balaban J connectivity index is 1.17. The van der Waals surface area contributed by atoms with Crippen molar-refractivity contribution >= 4 is 45.0 Å². The van der Waals surface area contributed by atoms with Gasteiger partial charge in [-0.3, -0.25) is 4.98 Å². The second kappa shape index (κ2) is 12.8. The van der Waals surface area contributed by atoms with Gasteiger partial charge in [0.15, 0.2) is 7.14 Å². The second-order valence-corrected chi connectivity index (χ2v) is 17.9. The molecule has 5 nitrogen and oxygen atoms in total. The Morgan fingerprint density at radius 3 is 1.92 bits per heavy atom. The van der Waals surface area contributed by atoms with Crippen molar-refractivity contribution in [2.24, 2.45) is 0 Å². The topological polar surface area (TPSA) is 65.2 Å². The molecule has 0 aliphatic carbocycles. The zero-order valence-electron chi connectivity index (χ0n) is 31.6. The van der Waals surface area contributed by atoms with Crippen LogP contribution >= 0.6 is 7.14 Å². The molecular weight excluding hydrogens is 744 g/mol. The van der Waals surface area contributed by atoms with Crippen LogP contribution in [0.2, 0.25) is 0 Å². The third-order valence-electron chi connectivity index (χ3n) is 12.1. The summed E-state index contributed by atoms with van der Waals surface area (Å²) in [5.74, 6) is 1.49. The third kappa shape index (κ3) is 4.89. The lowest BCUT2D eigenvalue weighted by Crippen LogP contribution is -2.47. The first-order chi connectivity index (χ1) is 29.1. The molecule has 1 spiro atoms. The molecule has 0 radical (unpaired) electrons. The summed E-state index contributed by atoms with van der Waals surface area (Å²) in [4.78, 5) is 9.38. The highest BCUT2D eigenvalue weighted by molar-refractivity contribution is 7.85. The maximum atomic E-state index is 16.4. The Kier molecular flexibility index (Phi) is 7.35. The molecule has 2 aliphatic rings. The Bertz CT molecular complexity index is 3290. The Morgan fingerprint density at radius 1 is 0.441 bits per heavy atom. The van der Waals surface area contributed by atoms with Crippen LogP contribution in [-0.2, 0) is 9.98 Å². The predicted octanol–water partition coefficient (Wildman–Crippen LogP) is 11.8. The molecule has 2 atom stereocenters. The van der Waals surface area contributed by atoms with Crippen molar-refractivity contribution in [2.45, 2.75) is 5.41 Å². The first kappa shape index (κ1) is 33.8. The Labute approximate surface area is 340 Å². The van der Waals surface area contributed by atoms with E-state index in [1.54, 1.807) is 12.4 Å². The number of furan rings is 1. The van der Waals surface area contributed by atoms with Gasteiger partial charge in [0.25, 0.3) is 0 Å². The molecule has 2 unspecified atom stereocenters. The van der Waals surface area contributed by atoms with Crippen molar-refractivity contribution in [3.8, 4) is 45.1 Å². The number of nitrogens with zero attached hydrogens (tertiary/aromatic N) is 2. The van der Waals surface area contributed by atoms with Gasteiger partial charge in [-0.1, -0.05) is 133 Å². The molecule has 0 bridgehead atoms. The summed E-state index contributed by atoms with van der Waals surface area (Å²) < 4.78 is 30.0. The number of benzene rings is 7. The monoisotopic (exact) mass is 776 g/mol. The van der Waals surface area contributed by atoms with Crippen LogP contribution in [0.3, 0.4) is 0 Å². The lowest BCUT2D eigenvalue weighted by molar-refractivity contribution is 0.435. The van der Waals surface area contributed by atoms with E-state index in [1.807, 2.05) is 97.1 Å². The summed E-state index contributed by atoms with van der Waals surface area (Å²) in [5.41, 5.74) is 10.3. The molecule has 2 aliphatic heterocycles. The number of para-hydroxylation sites is 2. The number of fused-ring (bicyclic) bond motifs is 11. The molecule has 0 fully saturated rings. The van der Waals surface area contributed by atoms with Crippen molar-refractivity contribution < 1.29 is 13.7 Å². The van der Waals surface area contributed by atoms with Crippen LogP contribution < -0.4 is 20.7 Å². The minimum Gasteiger partial charge on any atom is -0.457 e. The van der Waals surface area contributed by atoms with Gasteiger partial charge in [0.2, 0.25) is 0 Å². The van der Waals surface area contributed by atoms with Gasteiger partial charge in [0, 0.05) is 61.3 Å². The van der Waals surface area contributed by atoms with Crippen molar-refractivity contribution in [1.29, 1.82) is 0 Å². The van der Waals surface area contributed by atoms with Gasteiger partial charge in [-0.25, -0.2) is 4.98 Å². The summed E-state index contributed by atoms with van der Waals surface area (Å²) in [5, 5.41) is 4.36. The maximum absolute atomic E-state index is 16.4. The quantitative estimate of drug-likeness (QED) is 0.167. The average Bonchev–Trinajstić information content (AvgIpc) is 3.68. The summed E-state index contributed by atoms with van der Waals surface area (Å²) in [6.07, 6.45) is 3.60. The van der Waals surface area contributed by atoms with Gasteiger partial charge < -0.3 is 13.7 Å². The number of ether oxygens (including phenoxy) is 1. The van der Waals surface area contributed by atoms with Gasteiger partial charge in [-0.2, -0.15) is 0 Å². The summed E-state index contributed by atoms with van der Waals surface area (Å²) in [6, 6.07) is 64.1. The first-order valence-corrected chi connectivity index (χ1v) is 21.4. The van der Waals surface area contributed by atoms with Crippen molar-refractivity contribution in [3.63, 3.8) is 0 Å². The fourth-order valence-corrected chi connectivity index (χ4v) is 12.7. The minimum absolute atomic E-state index is 0.712. The molecule has 59 heavy (non-hydrogen) atoms. The largest absolute Gasteiger partial charge is 0.457 e. The van der Waals surface area contributed by atoms with Crippen LogP contribution in [0.1, 0.15) is 22.3 Å².